The van der Waals surface area contributed by atoms with Crippen LogP contribution in [0.2, 0.25) is 0 Å². The summed E-state index contributed by atoms with van der Waals surface area (Å²) in [5.41, 5.74) is 6.48. The van der Waals surface area contributed by atoms with Gasteiger partial charge in [0.05, 0.1) is 12.2 Å². The first kappa shape index (κ1) is 14.9. The second kappa shape index (κ2) is 6.32. The summed E-state index contributed by atoms with van der Waals surface area (Å²) in [6.45, 7) is -0.117. The van der Waals surface area contributed by atoms with E-state index < -0.39 is 17.6 Å². The molecule has 0 saturated heterocycles. The summed E-state index contributed by atoms with van der Waals surface area (Å²) in [4.78, 5) is 11.8. The molecule has 0 saturated carbocycles. The maximum atomic E-state index is 13.1. The number of hydrogen-bond donors (Lipinski definition) is 2. The molecule has 0 spiro atoms. The molecule has 110 valence electrons. The molecule has 0 heterocycles. The molecule has 0 bridgehead atoms. The van der Waals surface area contributed by atoms with Crippen LogP contribution in [-0.2, 0) is 18.0 Å². The quantitative estimate of drug-likeness (QED) is 0.670. The van der Waals surface area contributed by atoms with Crippen molar-refractivity contribution < 1.29 is 23.4 Å². The number of ether oxygens (including phenoxy) is 1. The zero-order valence-electron chi connectivity index (χ0n) is 11.0. The number of carbonyl (C=O) groups is 1. The smallest absolute Gasteiger partial charge is 0.340 e. The Morgan fingerprint density at radius 1 is 1.10 bits per heavy atom. The maximum absolute atomic E-state index is 13.1. The molecule has 0 aliphatic heterocycles. The van der Waals surface area contributed by atoms with Gasteiger partial charge in [0.15, 0.2) is 11.6 Å². The fraction of sp³-hybridized carbons (Fsp3) is 0.133. The normalized spacial score (nSPS) is 10.4. The minimum Gasteiger partial charge on any atom is -0.457 e. The third-order valence-electron chi connectivity index (χ3n) is 2.89. The average molecular weight is 293 g/mol. The summed E-state index contributed by atoms with van der Waals surface area (Å²) in [7, 11) is 0. The molecule has 0 amide bonds. The van der Waals surface area contributed by atoms with Crippen molar-refractivity contribution in [2.24, 2.45) is 0 Å². The Kier molecular flexibility index (Phi) is 4.49. The fourth-order valence-electron chi connectivity index (χ4n) is 1.71. The summed E-state index contributed by atoms with van der Waals surface area (Å²) < 4.78 is 31.0. The Bertz CT molecular complexity index is 657. The number of aliphatic hydroxyl groups excluding tert-OH is 1. The molecule has 0 fully saturated rings. The molecule has 2 rings (SSSR count). The summed E-state index contributed by atoms with van der Waals surface area (Å²) in [5.74, 6) is -3.12. The topological polar surface area (TPSA) is 72.6 Å². The van der Waals surface area contributed by atoms with E-state index in [0.29, 0.717) is 11.6 Å². The minimum atomic E-state index is -1.16. The lowest BCUT2D eigenvalue weighted by atomic mass is 10.1. The van der Waals surface area contributed by atoms with E-state index in [1.807, 2.05) is 0 Å². The number of nitrogen functional groups attached to an aromatic ring is 1. The monoisotopic (exact) mass is 293 g/mol. The second-order valence-corrected chi connectivity index (χ2v) is 4.40. The van der Waals surface area contributed by atoms with Crippen molar-refractivity contribution in [1.82, 2.24) is 0 Å². The van der Waals surface area contributed by atoms with Crippen molar-refractivity contribution in [3.05, 3.63) is 64.7 Å². The van der Waals surface area contributed by atoms with Crippen LogP contribution >= 0.6 is 0 Å². The Hall–Kier alpha value is -2.47. The highest BCUT2D eigenvalue weighted by Crippen LogP contribution is 2.18. The Labute approximate surface area is 119 Å². The third kappa shape index (κ3) is 3.55. The lowest BCUT2D eigenvalue weighted by molar-refractivity contribution is 0.0473. The molecule has 0 unspecified atom stereocenters. The SMILES string of the molecule is Nc1cc(F)c(F)cc1C(=O)OCc1ccc(CO)cc1. The molecule has 2 aromatic carbocycles. The van der Waals surface area contributed by atoms with Crippen LogP contribution in [0.15, 0.2) is 36.4 Å². The molecule has 0 radical (unpaired) electrons. The third-order valence-corrected chi connectivity index (χ3v) is 2.89. The van der Waals surface area contributed by atoms with Crippen LogP contribution in [0.4, 0.5) is 14.5 Å². The molecule has 0 aromatic heterocycles. The Morgan fingerprint density at radius 2 is 1.67 bits per heavy atom. The van der Waals surface area contributed by atoms with Crippen molar-refractivity contribution in [2.45, 2.75) is 13.2 Å². The summed E-state index contributed by atoms with van der Waals surface area (Å²) in [5, 5.41) is 8.91. The Balaban J connectivity index is 2.06. The number of aliphatic hydroxyl groups is 1. The van der Waals surface area contributed by atoms with E-state index in [9.17, 15) is 13.6 Å². The van der Waals surface area contributed by atoms with Gasteiger partial charge in [-0.25, -0.2) is 13.6 Å². The van der Waals surface area contributed by atoms with E-state index in [2.05, 4.69) is 0 Å². The van der Waals surface area contributed by atoms with Gasteiger partial charge >= 0.3 is 5.97 Å². The van der Waals surface area contributed by atoms with Crippen LogP contribution in [0.5, 0.6) is 0 Å². The van der Waals surface area contributed by atoms with Gasteiger partial charge in [0.2, 0.25) is 0 Å². The van der Waals surface area contributed by atoms with Crippen LogP contribution in [0.25, 0.3) is 0 Å². The highest BCUT2D eigenvalue weighted by atomic mass is 19.2. The van der Waals surface area contributed by atoms with Crippen LogP contribution in [0.3, 0.4) is 0 Å². The van der Waals surface area contributed by atoms with E-state index in [1.54, 1.807) is 24.3 Å². The molecule has 0 aliphatic carbocycles. The average Bonchev–Trinajstić information content (AvgIpc) is 2.49. The Morgan fingerprint density at radius 3 is 2.29 bits per heavy atom. The van der Waals surface area contributed by atoms with E-state index in [1.165, 1.54) is 0 Å². The van der Waals surface area contributed by atoms with Gasteiger partial charge in [-0.3, -0.25) is 0 Å². The molecule has 0 atom stereocenters. The first-order valence-corrected chi connectivity index (χ1v) is 6.11. The van der Waals surface area contributed by atoms with Gasteiger partial charge in [-0.15, -0.1) is 0 Å². The number of esters is 1. The number of halogens is 2. The van der Waals surface area contributed by atoms with Crippen molar-refractivity contribution >= 4 is 11.7 Å². The molecule has 6 heteroatoms. The highest BCUT2D eigenvalue weighted by Gasteiger charge is 2.15. The maximum Gasteiger partial charge on any atom is 0.340 e. The van der Waals surface area contributed by atoms with Crippen molar-refractivity contribution in [2.75, 3.05) is 5.73 Å². The molecular weight excluding hydrogens is 280 g/mol. The van der Waals surface area contributed by atoms with E-state index in [4.69, 9.17) is 15.6 Å². The van der Waals surface area contributed by atoms with Crippen molar-refractivity contribution in [3.8, 4) is 0 Å². The number of nitrogens with two attached hydrogens (primary N) is 1. The predicted molar refractivity (Wildman–Crippen MR) is 72.3 cm³/mol. The van der Waals surface area contributed by atoms with Crippen LogP contribution < -0.4 is 5.73 Å². The zero-order valence-corrected chi connectivity index (χ0v) is 11.0. The van der Waals surface area contributed by atoms with E-state index >= 15 is 0 Å². The number of anilines is 1. The molecular formula is C15H13F2NO3. The van der Waals surface area contributed by atoms with Gasteiger partial charge in [-0.2, -0.15) is 0 Å². The molecule has 4 nitrogen and oxygen atoms in total. The minimum absolute atomic E-state index is 0.0387. The first-order chi connectivity index (χ1) is 10.0. The standard InChI is InChI=1S/C15H13F2NO3/c16-12-5-11(14(18)6-13(12)17)15(20)21-8-10-3-1-9(7-19)2-4-10/h1-6,19H,7-8,18H2. The molecule has 0 aliphatic rings. The number of rotatable bonds is 4. The molecule has 21 heavy (non-hydrogen) atoms. The lowest BCUT2D eigenvalue weighted by Crippen LogP contribution is -2.09. The van der Waals surface area contributed by atoms with Crippen LogP contribution in [0.1, 0.15) is 21.5 Å². The summed E-state index contributed by atoms with van der Waals surface area (Å²) in [6.07, 6.45) is 0. The highest BCUT2D eigenvalue weighted by molar-refractivity contribution is 5.95. The predicted octanol–water partition coefficient (Wildman–Crippen LogP) is 2.40. The van der Waals surface area contributed by atoms with Gasteiger partial charge in [-0.1, -0.05) is 24.3 Å². The van der Waals surface area contributed by atoms with E-state index in [-0.39, 0.29) is 24.5 Å². The van der Waals surface area contributed by atoms with Crippen molar-refractivity contribution in [1.29, 1.82) is 0 Å². The largest absolute Gasteiger partial charge is 0.457 e. The number of carbonyl (C=O) groups excluding carboxylic acids is 1. The van der Waals surface area contributed by atoms with Gasteiger partial charge in [-0.05, 0) is 17.2 Å². The zero-order chi connectivity index (χ0) is 15.4. The van der Waals surface area contributed by atoms with Crippen molar-refractivity contribution in [3.63, 3.8) is 0 Å². The van der Waals surface area contributed by atoms with Gasteiger partial charge in [0.1, 0.15) is 6.61 Å². The lowest BCUT2D eigenvalue weighted by Gasteiger charge is -2.08. The number of hydrogen-bond acceptors (Lipinski definition) is 4. The van der Waals surface area contributed by atoms with Gasteiger partial charge in [0, 0.05) is 11.8 Å². The van der Waals surface area contributed by atoms with Crippen LogP contribution in [0, 0.1) is 11.6 Å². The van der Waals surface area contributed by atoms with Crippen LogP contribution in [-0.4, -0.2) is 11.1 Å². The summed E-state index contributed by atoms with van der Waals surface area (Å²) >= 11 is 0. The molecule has 2 aromatic rings. The summed E-state index contributed by atoms with van der Waals surface area (Å²) in [6, 6.07) is 8.20. The van der Waals surface area contributed by atoms with E-state index in [0.717, 1.165) is 11.6 Å². The first-order valence-electron chi connectivity index (χ1n) is 6.11. The second-order valence-electron chi connectivity index (χ2n) is 4.40. The van der Waals surface area contributed by atoms with Gasteiger partial charge < -0.3 is 15.6 Å². The molecule has 3 N–H and O–H groups in total. The fourth-order valence-corrected chi connectivity index (χ4v) is 1.71. The van der Waals surface area contributed by atoms with Gasteiger partial charge in [0.25, 0.3) is 0 Å². The number of benzene rings is 2.